The normalized spacial score (nSPS) is 20.5. The highest BCUT2D eigenvalue weighted by atomic mass is 79.9. The van der Waals surface area contributed by atoms with Gasteiger partial charge >= 0.3 is 0 Å². The monoisotopic (exact) mass is 538 g/mol. The summed E-state index contributed by atoms with van der Waals surface area (Å²) in [5.74, 6) is -0.343. The third-order valence-electron chi connectivity index (χ3n) is 5.49. The Morgan fingerprint density at radius 2 is 2.00 bits per heavy atom. The lowest BCUT2D eigenvalue weighted by atomic mass is 10.1. The van der Waals surface area contributed by atoms with Gasteiger partial charge in [-0.1, -0.05) is 41.9 Å². The van der Waals surface area contributed by atoms with E-state index in [0.29, 0.717) is 26.5 Å². The summed E-state index contributed by atoms with van der Waals surface area (Å²) in [7, 11) is -3.48. The Hall–Kier alpha value is -1.74. The van der Waals surface area contributed by atoms with E-state index in [1.54, 1.807) is 36.2 Å². The van der Waals surface area contributed by atoms with Gasteiger partial charge in [-0.25, -0.2) is 13.4 Å². The maximum absolute atomic E-state index is 13.1. The van der Waals surface area contributed by atoms with Crippen LogP contribution >= 0.6 is 38.9 Å². The number of amides is 1. The fourth-order valence-corrected chi connectivity index (χ4v) is 7.11. The molecule has 31 heavy (non-hydrogen) atoms. The first-order valence-electron chi connectivity index (χ1n) is 9.65. The van der Waals surface area contributed by atoms with E-state index in [1.165, 1.54) is 11.3 Å². The Morgan fingerprint density at radius 3 is 2.71 bits per heavy atom. The van der Waals surface area contributed by atoms with Gasteiger partial charge < -0.3 is 4.90 Å². The molecule has 1 aromatic heterocycles. The van der Waals surface area contributed by atoms with Crippen LogP contribution in [0.15, 0.2) is 59.2 Å². The molecule has 4 rings (SSSR count). The number of hydrogen-bond donors (Lipinski definition) is 0. The summed E-state index contributed by atoms with van der Waals surface area (Å²) >= 11 is 10.9. The number of carbonyl (C=O) groups excluding carboxylic acids is 1. The molecule has 0 saturated carbocycles. The van der Waals surface area contributed by atoms with Crippen molar-refractivity contribution >= 4 is 54.6 Å². The van der Waals surface area contributed by atoms with Crippen LogP contribution in [0.5, 0.6) is 0 Å². The van der Waals surface area contributed by atoms with Crippen molar-refractivity contribution in [3.05, 3.63) is 85.2 Å². The van der Waals surface area contributed by atoms with Gasteiger partial charge in [0.15, 0.2) is 9.84 Å². The average Bonchev–Trinajstić information content (AvgIpc) is 3.21. The zero-order valence-corrected chi connectivity index (χ0v) is 20.7. The summed E-state index contributed by atoms with van der Waals surface area (Å²) < 4.78 is 25.6. The molecule has 0 unspecified atom stereocenters. The Kier molecular flexibility index (Phi) is 6.27. The maximum atomic E-state index is 13.1. The number of rotatable bonds is 4. The number of nitrogens with zero attached hydrogens (tertiary/aromatic N) is 2. The van der Waals surface area contributed by atoms with E-state index >= 15 is 0 Å². The quantitative estimate of drug-likeness (QED) is 0.471. The minimum absolute atomic E-state index is 0.0557. The van der Waals surface area contributed by atoms with Gasteiger partial charge in [-0.05, 0) is 46.6 Å². The minimum atomic E-state index is -3.48. The Balaban J connectivity index is 1.61. The lowest BCUT2D eigenvalue weighted by molar-refractivity contribution is 0.0739. The molecule has 9 heteroatoms. The van der Waals surface area contributed by atoms with Crippen LogP contribution in [-0.2, 0) is 21.0 Å². The SMILES string of the molecule is C[C@@]1(c2ncc(Cc3ccccc3)s2)CN(C(=O)c2ccc(Br)c(Cl)c2)CCS1(=O)=O. The fourth-order valence-electron chi connectivity index (χ4n) is 3.61. The number of hydrogen-bond acceptors (Lipinski definition) is 5. The predicted octanol–water partition coefficient (Wildman–Crippen LogP) is 4.94. The first-order chi connectivity index (χ1) is 14.7. The van der Waals surface area contributed by atoms with Gasteiger partial charge in [0.1, 0.15) is 9.75 Å². The molecule has 0 radical (unpaired) electrons. The lowest BCUT2D eigenvalue weighted by Gasteiger charge is -2.38. The second kappa shape index (κ2) is 8.65. The molecule has 1 fully saturated rings. The maximum Gasteiger partial charge on any atom is 0.253 e. The molecule has 1 aliphatic heterocycles. The molecule has 0 N–H and O–H groups in total. The molecule has 0 aliphatic carbocycles. The topological polar surface area (TPSA) is 67.3 Å². The van der Waals surface area contributed by atoms with Crippen molar-refractivity contribution in [2.75, 3.05) is 18.8 Å². The van der Waals surface area contributed by atoms with Crippen molar-refractivity contribution in [2.45, 2.75) is 18.1 Å². The molecular weight excluding hydrogens is 520 g/mol. The van der Waals surface area contributed by atoms with Crippen LogP contribution in [0.3, 0.4) is 0 Å². The van der Waals surface area contributed by atoms with Crippen molar-refractivity contribution < 1.29 is 13.2 Å². The molecular formula is C22H20BrClN2O3S2. The van der Waals surface area contributed by atoms with Crippen molar-refractivity contribution in [1.82, 2.24) is 9.88 Å². The Bertz CT molecular complexity index is 1230. The minimum Gasteiger partial charge on any atom is -0.336 e. The number of carbonyl (C=O) groups is 1. The van der Waals surface area contributed by atoms with E-state index in [2.05, 4.69) is 20.9 Å². The van der Waals surface area contributed by atoms with Gasteiger partial charge in [0.25, 0.3) is 5.91 Å². The van der Waals surface area contributed by atoms with Crippen LogP contribution in [0, 0.1) is 0 Å². The molecule has 1 atom stereocenters. The van der Waals surface area contributed by atoms with Gasteiger partial charge in [-0.3, -0.25) is 4.79 Å². The number of benzene rings is 2. The van der Waals surface area contributed by atoms with Gasteiger partial charge in [0, 0.05) is 40.6 Å². The van der Waals surface area contributed by atoms with Crippen LogP contribution in [-0.4, -0.2) is 43.1 Å². The van der Waals surface area contributed by atoms with Crippen LogP contribution in [0.1, 0.15) is 32.7 Å². The highest BCUT2D eigenvalue weighted by Crippen LogP contribution is 2.38. The molecule has 2 heterocycles. The Morgan fingerprint density at radius 1 is 1.26 bits per heavy atom. The number of sulfone groups is 1. The van der Waals surface area contributed by atoms with Crippen LogP contribution in [0.25, 0.3) is 0 Å². The van der Waals surface area contributed by atoms with Crippen molar-refractivity contribution in [2.24, 2.45) is 0 Å². The van der Waals surface area contributed by atoms with E-state index < -0.39 is 14.6 Å². The Labute approximate surface area is 199 Å². The van der Waals surface area contributed by atoms with E-state index in [9.17, 15) is 13.2 Å². The van der Waals surface area contributed by atoms with Crippen LogP contribution < -0.4 is 0 Å². The third kappa shape index (κ3) is 4.44. The van der Waals surface area contributed by atoms with Crippen molar-refractivity contribution in [1.29, 1.82) is 0 Å². The van der Waals surface area contributed by atoms with E-state index in [-0.39, 0.29) is 24.7 Å². The standard InChI is InChI=1S/C22H20BrClN2O3S2/c1-22(21-25-13-17(30-21)11-15-5-3-2-4-6-15)14-26(9-10-31(22,28)29)20(27)16-7-8-18(23)19(24)12-16/h2-8,12-13H,9-11,14H2,1H3/t22-/m0/s1. The molecule has 0 bridgehead atoms. The predicted molar refractivity (Wildman–Crippen MR) is 128 cm³/mol. The molecule has 5 nitrogen and oxygen atoms in total. The van der Waals surface area contributed by atoms with Crippen molar-refractivity contribution in [3.8, 4) is 0 Å². The van der Waals surface area contributed by atoms with E-state index in [0.717, 1.165) is 10.4 Å². The summed E-state index contributed by atoms with van der Waals surface area (Å²) in [6, 6.07) is 15.0. The summed E-state index contributed by atoms with van der Waals surface area (Å²) in [6.07, 6.45) is 2.43. The lowest BCUT2D eigenvalue weighted by Crippen LogP contribution is -2.54. The molecule has 3 aromatic rings. The molecule has 1 saturated heterocycles. The molecule has 2 aromatic carbocycles. The van der Waals surface area contributed by atoms with E-state index in [1.807, 2.05) is 30.3 Å². The third-order valence-corrected chi connectivity index (χ3v) is 10.5. The zero-order valence-electron chi connectivity index (χ0n) is 16.7. The second-order valence-corrected chi connectivity index (χ2v) is 12.6. The van der Waals surface area contributed by atoms with Gasteiger partial charge in [0.2, 0.25) is 0 Å². The van der Waals surface area contributed by atoms with Crippen molar-refractivity contribution in [3.63, 3.8) is 0 Å². The highest BCUT2D eigenvalue weighted by molar-refractivity contribution is 9.10. The first kappa shape index (κ1) is 22.5. The summed E-state index contributed by atoms with van der Waals surface area (Å²) in [5, 5.41) is 0.952. The molecule has 0 spiro atoms. The largest absolute Gasteiger partial charge is 0.336 e. The second-order valence-electron chi connectivity index (χ2n) is 7.70. The van der Waals surface area contributed by atoms with E-state index in [4.69, 9.17) is 11.6 Å². The smallest absolute Gasteiger partial charge is 0.253 e. The molecule has 1 aliphatic rings. The van der Waals surface area contributed by atoms with Crippen LogP contribution in [0.2, 0.25) is 5.02 Å². The van der Waals surface area contributed by atoms with Gasteiger partial charge in [0.05, 0.1) is 10.8 Å². The molecule has 1 amide bonds. The summed E-state index contributed by atoms with van der Waals surface area (Å²) in [4.78, 5) is 20.1. The zero-order chi connectivity index (χ0) is 22.2. The summed E-state index contributed by atoms with van der Waals surface area (Å²) in [5.41, 5.74) is 1.57. The fraction of sp³-hybridized carbons (Fsp3) is 0.273. The summed E-state index contributed by atoms with van der Waals surface area (Å²) in [6.45, 7) is 1.87. The van der Waals surface area contributed by atoms with Crippen LogP contribution in [0.4, 0.5) is 0 Å². The molecule has 162 valence electrons. The van der Waals surface area contributed by atoms with Gasteiger partial charge in [-0.2, -0.15) is 0 Å². The average molecular weight is 540 g/mol. The van der Waals surface area contributed by atoms with Gasteiger partial charge in [-0.15, -0.1) is 11.3 Å². The highest BCUT2D eigenvalue weighted by Gasteiger charge is 2.48. The number of halogens is 2. The number of thiazole rings is 1. The first-order valence-corrected chi connectivity index (χ1v) is 13.3. The number of aromatic nitrogens is 1.